The Hall–Kier alpha value is -0.550. The third-order valence-electron chi connectivity index (χ3n) is 1.50. The topological polar surface area (TPSA) is 50.2 Å². The van der Waals surface area contributed by atoms with Crippen LogP contribution in [0.1, 0.15) is 12.8 Å². The van der Waals surface area contributed by atoms with Crippen LogP contribution in [0.4, 0.5) is 0 Å². The van der Waals surface area contributed by atoms with E-state index in [0.717, 1.165) is 15.3 Å². The molecule has 0 bridgehead atoms. The zero-order valence-electron chi connectivity index (χ0n) is 7.44. The summed E-state index contributed by atoms with van der Waals surface area (Å²) < 4.78 is 0.959. The van der Waals surface area contributed by atoms with Gasteiger partial charge in [-0.2, -0.15) is 0 Å². The molecule has 0 aliphatic heterocycles. The lowest BCUT2D eigenvalue weighted by atomic mass is 10.3. The van der Waals surface area contributed by atoms with Crippen LogP contribution in [-0.4, -0.2) is 21.8 Å². The number of halogens is 1. The minimum atomic E-state index is -0.745. The van der Waals surface area contributed by atoms with Crippen molar-refractivity contribution in [1.29, 1.82) is 0 Å². The molecule has 0 aliphatic rings. The van der Waals surface area contributed by atoms with E-state index in [1.54, 1.807) is 18.0 Å². The Bertz CT molecular complexity index is 319. The number of carboxylic acids is 1. The van der Waals surface area contributed by atoms with E-state index in [1.165, 1.54) is 0 Å². The van der Waals surface area contributed by atoms with Crippen molar-refractivity contribution in [3.05, 3.63) is 22.8 Å². The molecule has 76 valence electrons. The quantitative estimate of drug-likeness (QED) is 0.663. The molecule has 1 rings (SSSR count). The maximum absolute atomic E-state index is 10.2. The van der Waals surface area contributed by atoms with Crippen LogP contribution in [0.5, 0.6) is 0 Å². The molecule has 1 N–H and O–H groups in total. The van der Waals surface area contributed by atoms with Gasteiger partial charge in [-0.1, -0.05) is 0 Å². The number of rotatable bonds is 5. The maximum Gasteiger partial charge on any atom is 0.303 e. The molecule has 5 heteroatoms. The Balaban J connectivity index is 2.31. The van der Waals surface area contributed by atoms with Crippen LogP contribution in [0.2, 0.25) is 0 Å². The summed E-state index contributed by atoms with van der Waals surface area (Å²) in [7, 11) is 0. The lowest BCUT2D eigenvalue weighted by Crippen LogP contribution is -1.95. The predicted molar refractivity (Wildman–Crippen MR) is 59.5 cm³/mol. The molecule has 0 saturated carbocycles. The van der Waals surface area contributed by atoms with Crippen molar-refractivity contribution in [2.75, 3.05) is 5.75 Å². The van der Waals surface area contributed by atoms with Gasteiger partial charge in [0.25, 0.3) is 0 Å². The summed E-state index contributed by atoms with van der Waals surface area (Å²) in [5.41, 5.74) is 0. The van der Waals surface area contributed by atoms with E-state index in [9.17, 15) is 4.79 Å². The largest absolute Gasteiger partial charge is 0.481 e. The van der Waals surface area contributed by atoms with Crippen LogP contribution in [0.15, 0.2) is 27.8 Å². The number of hydrogen-bond acceptors (Lipinski definition) is 3. The number of pyridine rings is 1. The molecular weight excluding hydrogens is 266 g/mol. The van der Waals surface area contributed by atoms with Crippen molar-refractivity contribution in [2.45, 2.75) is 17.9 Å². The molecule has 0 fully saturated rings. The molecule has 1 aromatic rings. The van der Waals surface area contributed by atoms with E-state index in [2.05, 4.69) is 20.9 Å². The lowest BCUT2D eigenvalue weighted by molar-refractivity contribution is -0.137. The average molecular weight is 276 g/mol. The third kappa shape index (κ3) is 4.11. The number of carboxylic acid groups (broad SMARTS) is 1. The standard InChI is InChI=1S/C9H10BrNO2S/c10-7-3-1-5-11-9(7)14-6-2-4-8(12)13/h1,3,5H,2,4,6H2,(H,12,13). The van der Waals surface area contributed by atoms with Crippen molar-refractivity contribution in [3.8, 4) is 0 Å². The van der Waals surface area contributed by atoms with E-state index in [4.69, 9.17) is 5.11 Å². The Morgan fingerprint density at radius 1 is 1.64 bits per heavy atom. The second kappa shape index (κ2) is 6.03. The number of nitrogens with zero attached hydrogens (tertiary/aromatic N) is 1. The van der Waals surface area contributed by atoms with Gasteiger partial charge in [-0.05, 0) is 34.5 Å². The van der Waals surface area contributed by atoms with Crippen LogP contribution in [-0.2, 0) is 4.79 Å². The minimum Gasteiger partial charge on any atom is -0.481 e. The first-order valence-electron chi connectivity index (χ1n) is 4.15. The second-order valence-electron chi connectivity index (χ2n) is 2.64. The van der Waals surface area contributed by atoms with E-state index in [0.29, 0.717) is 6.42 Å². The van der Waals surface area contributed by atoms with Crippen LogP contribution in [0, 0.1) is 0 Å². The smallest absolute Gasteiger partial charge is 0.303 e. The highest BCUT2D eigenvalue weighted by atomic mass is 79.9. The third-order valence-corrected chi connectivity index (χ3v) is 3.49. The number of hydrogen-bond donors (Lipinski definition) is 1. The molecule has 14 heavy (non-hydrogen) atoms. The number of aliphatic carboxylic acids is 1. The lowest BCUT2D eigenvalue weighted by Gasteiger charge is -2.01. The van der Waals surface area contributed by atoms with Gasteiger partial charge in [0, 0.05) is 22.8 Å². The van der Waals surface area contributed by atoms with Gasteiger partial charge < -0.3 is 5.11 Å². The second-order valence-corrected chi connectivity index (χ2v) is 4.57. The van der Waals surface area contributed by atoms with Crippen LogP contribution < -0.4 is 0 Å². The molecule has 0 radical (unpaired) electrons. The molecule has 1 aromatic heterocycles. The molecule has 3 nitrogen and oxygen atoms in total. The number of aromatic nitrogens is 1. The van der Waals surface area contributed by atoms with E-state index >= 15 is 0 Å². The molecule has 0 aliphatic carbocycles. The van der Waals surface area contributed by atoms with Gasteiger partial charge in [-0.15, -0.1) is 11.8 Å². The first-order valence-corrected chi connectivity index (χ1v) is 5.93. The Kier molecular flexibility index (Phi) is 4.97. The van der Waals surface area contributed by atoms with Crippen molar-refractivity contribution >= 4 is 33.7 Å². The molecular formula is C9H10BrNO2S. The van der Waals surface area contributed by atoms with Crippen molar-refractivity contribution in [1.82, 2.24) is 4.98 Å². The first-order chi connectivity index (χ1) is 6.70. The van der Waals surface area contributed by atoms with Gasteiger partial charge in [-0.25, -0.2) is 4.98 Å². The monoisotopic (exact) mass is 275 g/mol. The van der Waals surface area contributed by atoms with E-state index in [-0.39, 0.29) is 6.42 Å². The van der Waals surface area contributed by atoms with Crippen molar-refractivity contribution < 1.29 is 9.90 Å². The predicted octanol–water partition coefficient (Wildman–Crippen LogP) is 2.80. The van der Waals surface area contributed by atoms with Crippen LogP contribution >= 0.6 is 27.7 Å². The zero-order chi connectivity index (χ0) is 10.4. The molecule has 0 amide bonds. The SMILES string of the molecule is O=C(O)CCCSc1ncccc1Br. The summed E-state index contributed by atoms with van der Waals surface area (Å²) >= 11 is 4.95. The fraction of sp³-hybridized carbons (Fsp3) is 0.333. The summed E-state index contributed by atoms with van der Waals surface area (Å²) in [5.74, 6) is 0.0349. The summed E-state index contributed by atoms with van der Waals surface area (Å²) in [6.45, 7) is 0. The molecule has 0 aromatic carbocycles. The highest BCUT2D eigenvalue weighted by molar-refractivity contribution is 9.10. The Labute approximate surface area is 95.1 Å². The Morgan fingerprint density at radius 2 is 2.43 bits per heavy atom. The molecule has 0 unspecified atom stereocenters. The summed E-state index contributed by atoms with van der Waals surface area (Å²) in [5, 5.41) is 9.35. The van der Waals surface area contributed by atoms with Crippen LogP contribution in [0.25, 0.3) is 0 Å². The molecule has 0 saturated heterocycles. The van der Waals surface area contributed by atoms with Crippen molar-refractivity contribution in [3.63, 3.8) is 0 Å². The average Bonchev–Trinajstić information content (AvgIpc) is 2.15. The first kappa shape index (κ1) is 11.5. The van der Waals surface area contributed by atoms with E-state index in [1.807, 2.05) is 12.1 Å². The zero-order valence-corrected chi connectivity index (χ0v) is 9.84. The van der Waals surface area contributed by atoms with Gasteiger partial charge in [0.05, 0.1) is 0 Å². The van der Waals surface area contributed by atoms with Gasteiger partial charge in [0.2, 0.25) is 0 Å². The minimum absolute atomic E-state index is 0.220. The Morgan fingerprint density at radius 3 is 3.07 bits per heavy atom. The fourth-order valence-electron chi connectivity index (χ4n) is 0.870. The molecule has 1 heterocycles. The van der Waals surface area contributed by atoms with Gasteiger partial charge in [0.15, 0.2) is 0 Å². The molecule has 0 spiro atoms. The van der Waals surface area contributed by atoms with Crippen molar-refractivity contribution in [2.24, 2.45) is 0 Å². The summed E-state index contributed by atoms with van der Waals surface area (Å²) in [6.07, 6.45) is 2.62. The normalized spacial score (nSPS) is 10.1. The maximum atomic E-state index is 10.2. The van der Waals surface area contributed by atoms with Crippen LogP contribution in [0.3, 0.4) is 0 Å². The van der Waals surface area contributed by atoms with Gasteiger partial charge in [0.1, 0.15) is 5.03 Å². The summed E-state index contributed by atoms with van der Waals surface area (Å²) in [6, 6.07) is 3.78. The highest BCUT2D eigenvalue weighted by Crippen LogP contribution is 2.25. The van der Waals surface area contributed by atoms with E-state index < -0.39 is 5.97 Å². The van der Waals surface area contributed by atoms with Gasteiger partial charge >= 0.3 is 5.97 Å². The molecule has 0 atom stereocenters. The van der Waals surface area contributed by atoms with Gasteiger partial charge in [-0.3, -0.25) is 4.79 Å². The number of carbonyl (C=O) groups is 1. The highest BCUT2D eigenvalue weighted by Gasteiger charge is 2.01. The summed E-state index contributed by atoms with van der Waals surface area (Å²) in [4.78, 5) is 14.4. The fourth-order valence-corrected chi connectivity index (χ4v) is 2.29. The number of thioether (sulfide) groups is 1.